The minimum Gasteiger partial charge on any atom is -0.508 e. The molecule has 3 saturated heterocycles. The summed E-state index contributed by atoms with van der Waals surface area (Å²) in [5, 5.41) is 16.2. The lowest BCUT2D eigenvalue weighted by Crippen LogP contribution is -2.51. The number of phenols is 1. The SMILES string of the molecule is CCN1CCC[C@H]1COc1nc(N2C[C@H]3CC[C@@H](C2)N3)c2cnc(-c3cc(O)cc4ccccc34)c(F)c2n1. The number of aromatic hydroxyl groups is 1. The predicted octanol–water partition coefficient (Wildman–Crippen LogP) is 4.49. The molecule has 39 heavy (non-hydrogen) atoms. The summed E-state index contributed by atoms with van der Waals surface area (Å²) < 4.78 is 22.6. The molecule has 3 fully saturated rings. The lowest BCUT2D eigenvalue weighted by Gasteiger charge is -2.34. The molecule has 0 spiro atoms. The molecule has 0 saturated carbocycles. The van der Waals surface area contributed by atoms with Crippen LogP contribution in [0.15, 0.2) is 42.6 Å². The normalized spacial score (nSPS) is 23.2. The van der Waals surface area contributed by atoms with Gasteiger partial charge in [-0.1, -0.05) is 31.2 Å². The summed E-state index contributed by atoms with van der Waals surface area (Å²) >= 11 is 0. The molecule has 2 aromatic heterocycles. The van der Waals surface area contributed by atoms with Gasteiger partial charge in [-0.15, -0.1) is 0 Å². The van der Waals surface area contributed by atoms with Gasteiger partial charge in [-0.05, 0) is 61.7 Å². The number of phenolic OH excluding ortho intramolecular Hbond substituents is 1. The molecule has 3 aliphatic rings. The number of rotatable bonds is 6. The fourth-order valence-electron chi connectivity index (χ4n) is 6.65. The van der Waals surface area contributed by atoms with Crippen LogP contribution in [0.3, 0.4) is 0 Å². The van der Waals surface area contributed by atoms with Crippen LogP contribution in [0, 0.1) is 5.82 Å². The van der Waals surface area contributed by atoms with E-state index in [2.05, 4.69) is 32.0 Å². The van der Waals surface area contributed by atoms with Gasteiger partial charge in [-0.2, -0.15) is 9.97 Å². The van der Waals surface area contributed by atoms with E-state index in [0.29, 0.717) is 41.5 Å². The van der Waals surface area contributed by atoms with Crippen molar-refractivity contribution in [3.05, 3.63) is 48.4 Å². The summed E-state index contributed by atoms with van der Waals surface area (Å²) in [7, 11) is 0. The molecular weight excluding hydrogens is 495 g/mol. The van der Waals surface area contributed by atoms with Crippen LogP contribution in [0.4, 0.5) is 10.2 Å². The molecule has 0 aliphatic carbocycles. The molecule has 5 heterocycles. The van der Waals surface area contributed by atoms with Gasteiger partial charge in [0, 0.05) is 43.0 Å². The number of halogens is 1. The largest absolute Gasteiger partial charge is 0.508 e. The predicted molar refractivity (Wildman–Crippen MR) is 150 cm³/mol. The Hall–Kier alpha value is -3.56. The van der Waals surface area contributed by atoms with E-state index >= 15 is 4.39 Å². The second-order valence-corrected chi connectivity index (χ2v) is 11.0. The van der Waals surface area contributed by atoms with E-state index in [-0.39, 0.29) is 23.0 Å². The molecule has 3 aliphatic heterocycles. The highest BCUT2D eigenvalue weighted by Gasteiger charge is 2.34. The number of likely N-dealkylation sites (tertiary alicyclic amines) is 1. The van der Waals surface area contributed by atoms with Crippen LogP contribution in [0.2, 0.25) is 0 Å². The van der Waals surface area contributed by atoms with Crippen LogP contribution in [0.5, 0.6) is 11.8 Å². The van der Waals surface area contributed by atoms with E-state index in [1.807, 2.05) is 24.3 Å². The first kappa shape index (κ1) is 24.5. The zero-order valence-corrected chi connectivity index (χ0v) is 22.1. The Morgan fingerprint density at radius 1 is 1.08 bits per heavy atom. The Morgan fingerprint density at radius 2 is 1.90 bits per heavy atom. The highest BCUT2D eigenvalue weighted by Crippen LogP contribution is 2.37. The average Bonchev–Trinajstić information content (AvgIpc) is 3.56. The zero-order valence-electron chi connectivity index (χ0n) is 22.1. The summed E-state index contributed by atoms with van der Waals surface area (Å²) in [6, 6.07) is 12.1. The van der Waals surface area contributed by atoms with Crippen molar-refractivity contribution in [1.82, 2.24) is 25.2 Å². The van der Waals surface area contributed by atoms with Crippen LogP contribution < -0.4 is 15.0 Å². The van der Waals surface area contributed by atoms with Crippen molar-refractivity contribution in [2.24, 2.45) is 0 Å². The number of anilines is 1. The number of likely N-dealkylation sites (N-methyl/N-ethyl adjacent to an activating group) is 1. The molecule has 4 aromatic rings. The van der Waals surface area contributed by atoms with Crippen molar-refractivity contribution in [1.29, 1.82) is 0 Å². The Kier molecular flexibility index (Phi) is 6.20. The first-order valence-electron chi connectivity index (χ1n) is 14.0. The summed E-state index contributed by atoms with van der Waals surface area (Å²) in [4.78, 5) is 18.7. The van der Waals surface area contributed by atoms with E-state index in [1.54, 1.807) is 18.3 Å². The van der Waals surface area contributed by atoms with Gasteiger partial charge in [-0.25, -0.2) is 4.39 Å². The Labute approximate surface area is 226 Å². The maximum atomic E-state index is 16.4. The number of hydrogen-bond acceptors (Lipinski definition) is 8. The number of fused-ring (bicyclic) bond motifs is 4. The summed E-state index contributed by atoms with van der Waals surface area (Å²) in [6.07, 6.45) is 6.15. The third kappa shape index (κ3) is 4.43. The van der Waals surface area contributed by atoms with Gasteiger partial charge < -0.3 is 20.1 Å². The average molecular weight is 529 g/mol. The molecule has 0 unspecified atom stereocenters. The first-order chi connectivity index (χ1) is 19.1. The number of benzene rings is 2. The van der Waals surface area contributed by atoms with Gasteiger partial charge in [0.1, 0.15) is 29.4 Å². The third-order valence-corrected chi connectivity index (χ3v) is 8.57. The van der Waals surface area contributed by atoms with Crippen LogP contribution in [-0.4, -0.2) is 75.9 Å². The second-order valence-electron chi connectivity index (χ2n) is 11.0. The fraction of sp³-hybridized carbons (Fsp3) is 0.433. The van der Waals surface area contributed by atoms with Crippen molar-refractivity contribution in [3.63, 3.8) is 0 Å². The molecule has 3 atom stereocenters. The van der Waals surface area contributed by atoms with Gasteiger partial charge in [0.2, 0.25) is 0 Å². The monoisotopic (exact) mass is 528 g/mol. The Morgan fingerprint density at radius 3 is 2.72 bits per heavy atom. The van der Waals surface area contributed by atoms with Gasteiger partial charge in [0.15, 0.2) is 5.82 Å². The third-order valence-electron chi connectivity index (χ3n) is 8.57. The minimum atomic E-state index is -0.536. The number of aromatic nitrogens is 3. The van der Waals surface area contributed by atoms with Gasteiger partial charge in [0.25, 0.3) is 0 Å². The number of nitrogens with zero attached hydrogens (tertiary/aromatic N) is 5. The standard InChI is InChI=1S/C30H33FN6O2/c1-2-36-11-5-7-21(36)17-39-30-34-28-25(29(35-30)37-15-19-9-10-20(16-37)33-19)14-32-27(26(28)31)24-13-22(38)12-18-6-3-4-8-23(18)24/h3-4,6,8,12-14,19-21,33,38H,2,5,7,9-11,15-17H2,1H3/t19-,20+,21-/m0/s1. The summed E-state index contributed by atoms with van der Waals surface area (Å²) in [5.74, 6) is 0.197. The van der Waals surface area contributed by atoms with Gasteiger partial charge >= 0.3 is 6.01 Å². The molecular formula is C30H33FN6O2. The van der Waals surface area contributed by atoms with E-state index in [9.17, 15) is 5.11 Å². The highest BCUT2D eigenvalue weighted by molar-refractivity contribution is 5.99. The Balaban J connectivity index is 1.34. The lowest BCUT2D eigenvalue weighted by molar-refractivity contribution is 0.170. The summed E-state index contributed by atoms with van der Waals surface area (Å²) in [5.41, 5.74) is 0.869. The zero-order chi connectivity index (χ0) is 26.5. The highest BCUT2D eigenvalue weighted by atomic mass is 19.1. The topological polar surface area (TPSA) is 86.6 Å². The van der Waals surface area contributed by atoms with Crippen molar-refractivity contribution >= 4 is 27.5 Å². The second kappa shape index (κ2) is 9.88. The molecule has 7 rings (SSSR count). The molecule has 8 nitrogen and oxygen atoms in total. The molecule has 2 aromatic carbocycles. The van der Waals surface area contributed by atoms with Crippen LogP contribution >= 0.6 is 0 Å². The van der Waals surface area contributed by atoms with Crippen molar-refractivity contribution in [3.8, 4) is 23.0 Å². The number of hydrogen-bond donors (Lipinski definition) is 2. The van der Waals surface area contributed by atoms with Crippen molar-refractivity contribution < 1.29 is 14.2 Å². The van der Waals surface area contributed by atoms with E-state index in [0.717, 1.165) is 62.6 Å². The van der Waals surface area contributed by atoms with E-state index in [4.69, 9.17) is 9.72 Å². The number of nitrogens with one attached hydrogen (secondary N) is 1. The molecule has 0 amide bonds. The van der Waals surface area contributed by atoms with E-state index < -0.39 is 5.82 Å². The van der Waals surface area contributed by atoms with Gasteiger partial charge in [0.05, 0.1) is 5.39 Å². The summed E-state index contributed by atoms with van der Waals surface area (Å²) in [6.45, 7) is 6.28. The van der Waals surface area contributed by atoms with Crippen LogP contribution in [0.1, 0.15) is 32.6 Å². The number of piperazine rings is 1. The fourth-order valence-corrected chi connectivity index (χ4v) is 6.65. The first-order valence-corrected chi connectivity index (χ1v) is 14.0. The maximum absolute atomic E-state index is 16.4. The van der Waals surface area contributed by atoms with Gasteiger partial charge in [-0.3, -0.25) is 9.88 Å². The van der Waals surface area contributed by atoms with E-state index in [1.165, 1.54) is 0 Å². The smallest absolute Gasteiger partial charge is 0.319 e. The molecule has 2 bridgehead atoms. The minimum absolute atomic E-state index is 0.0609. The molecule has 0 radical (unpaired) electrons. The van der Waals surface area contributed by atoms with Crippen molar-refractivity contribution in [2.75, 3.05) is 37.7 Å². The number of pyridine rings is 1. The molecule has 202 valence electrons. The van der Waals surface area contributed by atoms with Crippen molar-refractivity contribution in [2.45, 2.75) is 50.7 Å². The molecule has 9 heteroatoms. The number of ether oxygens (including phenoxy) is 1. The van der Waals surface area contributed by atoms with Crippen LogP contribution in [0.25, 0.3) is 32.9 Å². The van der Waals surface area contributed by atoms with Crippen LogP contribution in [-0.2, 0) is 0 Å². The molecule has 2 N–H and O–H groups in total. The maximum Gasteiger partial charge on any atom is 0.319 e. The Bertz CT molecular complexity index is 1540. The lowest BCUT2D eigenvalue weighted by atomic mass is 10.0. The quantitative estimate of drug-likeness (QED) is 0.379.